The lowest BCUT2D eigenvalue weighted by atomic mass is 9.97. The van der Waals surface area contributed by atoms with Crippen LogP contribution in [0.15, 0.2) is 54.6 Å². The molecule has 1 heterocycles. The van der Waals surface area contributed by atoms with Crippen LogP contribution in [0.1, 0.15) is 29.8 Å². The smallest absolute Gasteiger partial charge is 0.308 e. The van der Waals surface area contributed by atoms with Gasteiger partial charge >= 0.3 is 6.03 Å². The monoisotopic (exact) mass is 372 g/mol. The van der Waals surface area contributed by atoms with E-state index in [1.165, 1.54) is 16.9 Å². The first-order valence-electron chi connectivity index (χ1n) is 7.87. The van der Waals surface area contributed by atoms with Gasteiger partial charge in [0.25, 0.3) is 0 Å². The normalized spacial score (nSPS) is 11.8. The van der Waals surface area contributed by atoms with E-state index < -0.39 is 0 Å². The maximum atomic E-state index is 12.1. The van der Waals surface area contributed by atoms with Crippen LogP contribution in [-0.4, -0.2) is 16.2 Å². The fourth-order valence-electron chi connectivity index (χ4n) is 2.46. The maximum absolute atomic E-state index is 12.1. The molecule has 0 aliphatic heterocycles. The summed E-state index contributed by atoms with van der Waals surface area (Å²) in [6.45, 7) is 2.11. The van der Waals surface area contributed by atoms with E-state index in [4.69, 9.17) is 11.6 Å². The molecule has 5 nitrogen and oxygen atoms in total. The molecular formula is C18H17ClN4OS. The van der Waals surface area contributed by atoms with Gasteiger partial charge in [0, 0.05) is 16.6 Å². The molecule has 25 heavy (non-hydrogen) atoms. The Bertz CT molecular complexity index is 836. The number of anilines is 2. The van der Waals surface area contributed by atoms with Gasteiger partial charge in [-0.1, -0.05) is 60.2 Å². The molecule has 1 unspecified atom stereocenters. The molecule has 0 bridgehead atoms. The summed E-state index contributed by atoms with van der Waals surface area (Å²) in [7, 11) is 0. The van der Waals surface area contributed by atoms with Crippen LogP contribution in [0.5, 0.6) is 0 Å². The van der Waals surface area contributed by atoms with Crippen LogP contribution >= 0.6 is 22.9 Å². The molecule has 128 valence electrons. The van der Waals surface area contributed by atoms with Crippen LogP contribution in [-0.2, 0) is 0 Å². The highest BCUT2D eigenvalue weighted by molar-refractivity contribution is 7.15. The van der Waals surface area contributed by atoms with Gasteiger partial charge in [-0.15, -0.1) is 10.2 Å². The number of hydrogen-bond acceptors (Lipinski definition) is 4. The predicted octanol–water partition coefficient (Wildman–Crippen LogP) is 5.38. The summed E-state index contributed by atoms with van der Waals surface area (Å²) < 4.78 is 0. The molecule has 0 fully saturated rings. The van der Waals surface area contributed by atoms with Crippen molar-refractivity contribution in [3.8, 4) is 0 Å². The Morgan fingerprint density at radius 3 is 2.48 bits per heavy atom. The summed E-state index contributed by atoms with van der Waals surface area (Å²) in [6.07, 6.45) is 0.912. The quantitative estimate of drug-likeness (QED) is 0.632. The Balaban J connectivity index is 1.66. The zero-order chi connectivity index (χ0) is 17.6. The highest BCUT2D eigenvalue weighted by atomic mass is 35.5. The Labute approximate surface area is 155 Å². The van der Waals surface area contributed by atoms with Crippen molar-refractivity contribution in [3.63, 3.8) is 0 Å². The van der Waals surface area contributed by atoms with E-state index in [1.807, 2.05) is 18.2 Å². The third-order valence-electron chi connectivity index (χ3n) is 3.67. The molecule has 0 spiro atoms. The summed E-state index contributed by atoms with van der Waals surface area (Å²) in [5, 5.41) is 15.7. The third-order valence-corrected chi connectivity index (χ3v) is 4.88. The molecule has 0 saturated heterocycles. The standard InChI is InChI=1S/C18H17ClN4OS/c1-2-15(12-6-4-3-5-7-12)16-22-23-18(25-16)21-17(24)20-14-10-8-13(19)9-11-14/h3-11,15H,2H2,1H3,(H2,20,21,23,24). The van der Waals surface area contributed by atoms with Gasteiger partial charge in [-0.05, 0) is 36.2 Å². The van der Waals surface area contributed by atoms with Crippen molar-refractivity contribution in [1.29, 1.82) is 0 Å². The van der Waals surface area contributed by atoms with Gasteiger partial charge in [-0.3, -0.25) is 5.32 Å². The van der Waals surface area contributed by atoms with Crippen molar-refractivity contribution in [2.75, 3.05) is 10.6 Å². The van der Waals surface area contributed by atoms with Crippen LogP contribution in [0.4, 0.5) is 15.6 Å². The molecule has 0 aliphatic carbocycles. The number of urea groups is 1. The minimum Gasteiger partial charge on any atom is -0.308 e. The summed E-state index contributed by atoms with van der Waals surface area (Å²) in [6, 6.07) is 16.7. The third kappa shape index (κ3) is 4.55. The first-order chi connectivity index (χ1) is 12.2. The van der Waals surface area contributed by atoms with Crippen LogP contribution in [0, 0.1) is 0 Å². The molecule has 2 aromatic carbocycles. The SMILES string of the molecule is CCC(c1ccccc1)c1nnc(NC(=O)Nc2ccc(Cl)cc2)s1. The number of hydrogen-bond donors (Lipinski definition) is 2. The molecule has 2 amide bonds. The summed E-state index contributed by atoms with van der Waals surface area (Å²) in [5.74, 6) is 0.175. The highest BCUT2D eigenvalue weighted by Gasteiger charge is 2.18. The molecule has 3 rings (SSSR count). The number of halogens is 1. The van der Waals surface area contributed by atoms with Crippen molar-refractivity contribution >= 4 is 39.8 Å². The molecule has 3 aromatic rings. The maximum Gasteiger partial charge on any atom is 0.325 e. The molecule has 0 aliphatic rings. The van der Waals surface area contributed by atoms with E-state index in [0.717, 1.165) is 11.4 Å². The Morgan fingerprint density at radius 2 is 1.80 bits per heavy atom. The van der Waals surface area contributed by atoms with Gasteiger partial charge < -0.3 is 5.32 Å². The second kappa shape index (κ2) is 8.09. The predicted molar refractivity (Wildman–Crippen MR) is 103 cm³/mol. The van der Waals surface area contributed by atoms with Crippen LogP contribution < -0.4 is 10.6 Å². The molecule has 0 radical (unpaired) electrons. The number of nitrogens with one attached hydrogen (secondary N) is 2. The van der Waals surface area contributed by atoms with Crippen LogP contribution in [0.25, 0.3) is 0 Å². The molecule has 1 atom stereocenters. The topological polar surface area (TPSA) is 66.9 Å². The number of aromatic nitrogens is 2. The number of nitrogens with zero attached hydrogens (tertiary/aromatic N) is 2. The number of carbonyl (C=O) groups excluding carboxylic acids is 1. The van der Waals surface area contributed by atoms with Gasteiger partial charge in [-0.2, -0.15) is 0 Å². The van der Waals surface area contributed by atoms with Gasteiger partial charge in [0.2, 0.25) is 5.13 Å². The fraction of sp³-hybridized carbons (Fsp3) is 0.167. The van der Waals surface area contributed by atoms with Crippen LogP contribution in [0.2, 0.25) is 5.02 Å². The van der Waals surface area contributed by atoms with E-state index in [2.05, 4.69) is 39.9 Å². The van der Waals surface area contributed by atoms with Gasteiger partial charge in [-0.25, -0.2) is 4.79 Å². The number of rotatable bonds is 5. The minimum atomic E-state index is -0.363. The van der Waals surface area contributed by atoms with E-state index in [9.17, 15) is 4.79 Å². The van der Waals surface area contributed by atoms with Crippen molar-refractivity contribution < 1.29 is 4.79 Å². The van der Waals surface area contributed by atoms with Crippen molar-refractivity contribution in [1.82, 2.24) is 10.2 Å². The Hall–Kier alpha value is -2.44. The highest BCUT2D eigenvalue weighted by Crippen LogP contribution is 2.31. The molecular weight excluding hydrogens is 356 g/mol. The lowest BCUT2D eigenvalue weighted by Gasteiger charge is -2.11. The molecule has 0 saturated carbocycles. The average Bonchev–Trinajstić information content (AvgIpc) is 3.06. The van der Waals surface area contributed by atoms with E-state index >= 15 is 0 Å². The lowest BCUT2D eigenvalue weighted by Crippen LogP contribution is -2.19. The summed E-state index contributed by atoms with van der Waals surface area (Å²) in [5.41, 5.74) is 1.85. The average molecular weight is 373 g/mol. The first-order valence-corrected chi connectivity index (χ1v) is 9.07. The second-order valence-electron chi connectivity index (χ2n) is 5.40. The van der Waals surface area contributed by atoms with Crippen molar-refractivity contribution in [3.05, 3.63) is 70.2 Å². The zero-order valence-electron chi connectivity index (χ0n) is 13.6. The first kappa shape index (κ1) is 17.4. The number of amides is 2. The van der Waals surface area contributed by atoms with Gasteiger partial charge in [0.05, 0.1) is 0 Å². The Morgan fingerprint density at radius 1 is 1.08 bits per heavy atom. The number of benzene rings is 2. The summed E-state index contributed by atoms with van der Waals surface area (Å²) in [4.78, 5) is 12.1. The lowest BCUT2D eigenvalue weighted by molar-refractivity contribution is 0.262. The summed E-state index contributed by atoms with van der Waals surface area (Å²) >= 11 is 7.22. The second-order valence-corrected chi connectivity index (χ2v) is 6.85. The largest absolute Gasteiger partial charge is 0.325 e. The zero-order valence-corrected chi connectivity index (χ0v) is 15.1. The molecule has 2 N–H and O–H groups in total. The van der Waals surface area contributed by atoms with Crippen molar-refractivity contribution in [2.45, 2.75) is 19.3 Å². The van der Waals surface area contributed by atoms with E-state index in [0.29, 0.717) is 15.8 Å². The molecule has 1 aromatic heterocycles. The fourth-order valence-corrected chi connectivity index (χ4v) is 3.53. The van der Waals surface area contributed by atoms with Gasteiger partial charge in [0.15, 0.2) is 0 Å². The Kier molecular flexibility index (Phi) is 5.63. The van der Waals surface area contributed by atoms with Crippen molar-refractivity contribution in [2.24, 2.45) is 0 Å². The van der Waals surface area contributed by atoms with E-state index in [1.54, 1.807) is 24.3 Å². The van der Waals surface area contributed by atoms with E-state index in [-0.39, 0.29) is 11.9 Å². The minimum absolute atomic E-state index is 0.175. The molecule has 7 heteroatoms. The van der Waals surface area contributed by atoms with Gasteiger partial charge in [0.1, 0.15) is 5.01 Å². The van der Waals surface area contributed by atoms with Crippen LogP contribution in [0.3, 0.4) is 0 Å². The number of carbonyl (C=O) groups is 1.